The number of amides is 3. The molecular formula is C19H20BrN3O3. The SMILES string of the molecule is CCOc1ccc(N2C[C@H](NC(=O)Nc3ccc(Br)cc3)CC2=O)cc1. The van der Waals surface area contributed by atoms with Gasteiger partial charge in [0, 0.05) is 28.8 Å². The zero-order valence-corrected chi connectivity index (χ0v) is 16.0. The van der Waals surface area contributed by atoms with Crippen molar-refractivity contribution in [3.05, 3.63) is 53.0 Å². The fourth-order valence-corrected chi connectivity index (χ4v) is 3.09. The van der Waals surface area contributed by atoms with Crippen LogP contribution in [0.2, 0.25) is 0 Å². The molecule has 2 aromatic carbocycles. The van der Waals surface area contributed by atoms with Gasteiger partial charge in [-0.05, 0) is 55.5 Å². The molecule has 1 heterocycles. The summed E-state index contributed by atoms with van der Waals surface area (Å²) in [5.74, 6) is 0.759. The minimum Gasteiger partial charge on any atom is -0.494 e. The molecule has 136 valence electrons. The number of anilines is 2. The molecule has 2 N–H and O–H groups in total. The van der Waals surface area contributed by atoms with Crippen LogP contribution in [0.25, 0.3) is 0 Å². The summed E-state index contributed by atoms with van der Waals surface area (Å²) in [6.45, 7) is 2.97. The highest BCUT2D eigenvalue weighted by Gasteiger charge is 2.31. The van der Waals surface area contributed by atoms with E-state index in [1.165, 1.54) is 0 Å². The van der Waals surface area contributed by atoms with Crippen LogP contribution < -0.4 is 20.3 Å². The van der Waals surface area contributed by atoms with Gasteiger partial charge in [0.1, 0.15) is 5.75 Å². The van der Waals surface area contributed by atoms with Gasteiger partial charge in [0.15, 0.2) is 0 Å². The van der Waals surface area contributed by atoms with E-state index in [1.807, 2.05) is 43.3 Å². The Morgan fingerprint density at radius 2 is 1.88 bits per heavy atom. The lowest BCUT2D eigenvalue weighted by Gasteiger charge is -2.18. The molecule has 3 amide bonds. The van der Waals surface area contributed by atoms with Gasteiger partial charge in [-0.1, -0.05) is 15.9 Å². The second-order valence-corrected chi connectivity index (χ2v) is 6.85. The molecule has 26 heavy (non-hydrogen) atoms. The van der Waals surface area contributed by atoms with Crippen LogP contribution in [0.5, 0.6) is 5.75 Å². The average molecular weight is 418 g/mol. The highest BCUT2D eigenvalue weighted by Crippen LogP contribution is 2.24. The maximum absolute atomic E-state index is 12.3. The van der Waals surface area contributed by atoms with E-state index in [0.29, 0.717) is 18.8 Å². The zero-order valence-electron chi connectivity index (χ0n) is 14.4. The Morgan fingerprint density at radius 1 is 1.19 bits per heavy atom. The minimum atomic E-state index is -0.321. The number of rotatable bonds is 5. The predicted molar refractivity (Wildman–Crippen MR) is 105 cm³/mol. The van der Waals surface area contributed by atoms with Crippen LogP contribution in [0, 0.1) is 0 Å². The number of benzene rings is 2. The summed E-state index contributed by atoms with van der Waals surface area (Å²) in [6.07, 6.45) is 0.279. The molecule has 0 bridgehead atoms. The third kappa shape index (κ3) is 4.54. The van der Waals surface area contributed by atoms with Crippen LogP contribution >= 0.6 is 15.9 Å². The Labute approximate surface area is 160 Å². The monoisotopic (exact) mass is 417 g/mol. The summed E-state index contributed by atoms with van der Waals surface area (Å²) >= 11 is 3.35. The molecular weight excluding hydrogens is 398 g/mol. The number of nitrogens with zero attached hydrogens (tertiary/aromatic N) is 1. The van der Waals surface area contributed by atoms with E-state index in [0.717, 1.165) is 15.9 Å². The van der Waals surface area contributed by atoms with Crippen molar-refractivity contribution in [3.63, 3.8) is 0 Å². The van der Waals surface area contributed by atoms with Gasteiger partial charge in [0.2, 0.25) is 5.91 Å². The van der Waals surface area contributed by atoms with Crippen LogP contribution in [0.3, 0.4) is 0 Å². The van der Waals surface area contributed by atoms with Crippen molar-refractivity contribution < 1.29 is 14.3 Å². The highest BCUT2D eigenvalue weighted by molar-refractivity contribution is 9.10. The molecule has 1 fully saturated rings. The normalized spacial score (nSPS) is 16.5. The molecule has 3 rings (SSSR count). The van der Waals surface area contributed by atoms with Gasteiger partial charge in [-0.2, -0.15) is 0 Å². The first-order valence-corrected chi connectivity index (χ1v) is 9.21. The Morgan fingerprint density at radius 3 is 2.54 bits per heavy atom. The molecule has 1 atom stereocenters. The van der Waals surface area contributed by atoms with E-state index in [4.69, 9.17) is 4.74 Å². The van der Waals surface area contributed by atoms with Gasteiger partial charge in [-0.25, -0.2) is 4.79 Å². The molecule has 1 saturated heterocycles. The number of nitrogens with one attached hydrogen (secondary N) is 2. The summed E-state index contributed by atoms with van der Waals surface area (Å²) in [4.78, 5) is 26.1. The lowest BCUT2D eigenvalue weighted by Crippen LogP contribution is -2.39. The van der Waals surface area contributed by atoms with Crippen molar-refractivity contribution in [2.75, 3.05) is 23.4 Å². The number of hydrogen-bond acceptors (Lipinski definition) is 3. The van der Waals surface area contributed by atoms with Crippen LogP contribution in [0.4, 0.5) is 16.2 Å². The van der Waals surface area contributed by atoms with E-state index in [9.17, 15) is 9.59 Å². The van der Waals surface area contributed by atoms with Crippen molar-refractivity contribution >= 4 is 39.2 Å². The van der Waals surface area contributed by atoms with Crippen molar-refractivity contribution in [3.8, 4) is 5.75 Å². The van der Waals surface area contributed by atoms with Gasteiger partial charge < -0.3 is 20.3 Å². The summed E-state index contributed by atoms with van der Waals surface area (Å²) in [5, 5.41) is 5.62. The molecule has 2 aromatic rings. The number of hydrogen-bond donors (Lipinski definition) is 2. The molecule has 1 aliphatic heterocycles. The van der Waals surface area contributed by atoms with Gasteiger partial charge in [0.25, 0.3) is 0 Å². The van der Waals surface area contributed by atoms with Crippen LogP contribution in [0.15, 0.2) is 53.0 Å². The van der Waals surface area contributed by atoms with E-state index < -0.39 is 0 Å². The first-order chi connectivity index (χ1) is 12.5. The number of ether oxygens (including phenoxy) is 1. The Hall–Kier alpha value is -2.54. The summed E-state index contributed by atoms with van der Waals surface area (Å²) < 4.78 is 6.36. The van der Waals surface area contributed by atoms with Gasteiger partial charge in [-0.3, -0.25) is 4.79 Å². The van der Waals surface area contributed by atoms with Gasteiger partial charge >= 0.3 is 6.03 Å². The smallest absolute Gasteiger partial charge is 0.319 e. The number of carbonyl (C=O) groups excluding carboxylic acids is 2. The van der Waals surface area contributed by atoms with E-state index in [-0.39, 0.29) is 24.4 Å². The van der Waals surface area contributed by atoms with Crippen LogP contribution in [0.1, 0.15) is 13.3 Å². The fourth-order valence-electron chi connectivity index (χ4n) is 2.83. The van der Waals surface area contributed by atoms with Crippen LogP contribution in [-0.2, 0) is 4.79 Å². The van der Waals surface area contributed by atoms with Gasteiger partial charge in [-0.15, -0.1) is 0 Å². The van der Waals surface area contributed by atoms with E-state index in [1.54, 1.807) is 17.0 Å². The molecule has 0 aromatic heterocycles. The maximum Gasteiger partial charge on any atom is 0.319 e. The fraction of sp³-hybridized carbons (Fsp3) is 0.263. The second kappa shape index (κ2) is 8.23. The van der Waals surface area contributed by atoms with E-state index >= 15 is 0 Å². The zero-order chi connectivity index (χ0) is 18.5. The van der Waals surface area contributed by atoms with Crippen molar-refractivity contribution in [1.29, 1.82) is 0 Å². The highest BCUT2D eigenvalue weighted by atomic mass is 79.9. The second-order valence-electron chi connectivity index (χ2n) is 5.94. The lowest BCUT2D eigenvalue weighted by molar-refractivity contribution is -0.117. The lowest BCUT2D eigenvalue weighted by atomic mass is 10.2. The molecule has 6 nitrogen and oxygen atoms in total. The van der Waals surface area contributed by atoms with Crippen LogP contribution in [-0.4, -0.2) is 31.1 Å². The number of halogens is 1. The average Bonchev–Trinajstić information content (AvgIpc) is 2.98. The molecule has 7 heteroatoms. The Bertz CT molecular complexity index is 778. The largest absolute Gasteiger partial charge is 0.494 e. The Kier molecular flexibility index (Phi) is 5.78. The van der Waals surface area contributed by atoms with Gasteiger partial charge in [0.05, 0.1) is 12.6 Å². The molecule has 0 unspecified atom stereocenters. The van der Waals surface area contributed by atoms with Crippen molar-refractivity contribution in [2.24, 2.45) is 0 Å². The molecule has 1 aliphatic rings. The summed E-state index contributed by atoms with van der Waals surface area (Å²) in [5.41, 5.74) is 1.49. The standard InChI is InChI=1S/C19H20BrN3O3/c1-2-26-17-9-7-16(8-10-17)23-12-15(11-18(23)24)22-19(25)21-14-5-3-13(20)4-6-14/h3-10,15H,2,11-12H2,1H3,(H2,21,22,25)/t15-/m1/s1. The maximum atomic E-state index is 12.3. The summed E-state index contributed by atoms with van der Waals surface area (Å²) in [6, 6.07) is 14.1. The Balaban J connectivity index is 1.56. The molecule has 0 aliphatic carbocycles. The summed E-state index contributed by atoms with van der Waals surface area (Å²) in [7, 11) is 0. The van der Waals surface area contributed by atoms with Crippen molar-refractivity contribution in [1.82, 2.24) is 5.32 Å². The topological polar surface area (TPSA) is 70.7 Å². The predicted octanol–water partition coefficient (Wildman–Crippen LogP) is 3.77. The third-order valence-corrected chi connectivity index (χ3v) is 4.55. The quantitative estimate of drug-likeness (QED) is 0.777. The number of carbonyl (C=O) groups is 2. The first kappa shape index (κ1) is 18.3. The molecule has 0 saturated carbocycles. The first-order valence-electron chi connectivity index (χ1n) is 8.41. The minimum absolute atomic E-state index is 0.0110. The molecule has 0 radical (unpaired) electrons. The molecule has 0 spiro atoms. The number of urea groups is 1. The third-order valence-electron chi connectivity index (χ3n) is 4.02. The van der Waals surface area contributed by atoms with E-state index in [2.05, 4.69) is 26.6 Å². The van der Waals surface area contributed by atoms with Crippen molar-refractivity contribution in [2.45, 2.75) is 19.4 Å².